The molecule has 0 spiro atoms. The van der Waals surface area contributed by atoms with E-state index in [0.717, 1.165) is 17.5 Å². The quantitative estimate of drug-likeness (QED) is 0.152. The van der Waals surface area contributed by atoms with Crippen LogP contribution in [0, 0.1) is 30.1 Å². The molecule has 2 aromatic carbocycles. The van der Waals surface area contributed by atoms with Crippen LogP contribution in [0.5, 0.6) is 0 Å². The Kier molecular flexibility index (Phi) is 19.6. The summed E-state index contributed by atoms with van der Waals surface area (Å²) >= 11 is 1.92. The van der Waals surface area contributed by atoms with Gasteiger partial charge >= 0.3 is 0 Å². The van der Waals surface area contributed by atoms with Gasteiger partial charge in [-0.1, -0.05) is 240 Å². The Hall–Kier alpha value is -0.610. The number of allylic oxidation sites excluding steroid dienone is 2. The summed E-state index contributed by atoms with van der Waals surface area (Å²) in [5.41, 5.74) is 6.37. The molecule has 4 unspecified atom stereocenters. The van der Waals surface area contributed by atoms with E-state index in [1.165, 1.54) is 139 Å². The maximum Gasteiger partial charge on any atom is 0.0149 e. The van der Waals surface area contributed by atoms with E-state index in [-0.39, 0.29) is 7.92 Å². The van der Waals surface area contributed by atoms with Gasteiger partial charge in [-0.3, -0.25) is 0 Å². The minimum absolute atomic E-state index is 0.194. The van der Waals surface area contributed by atoms with Gasteiger partial charge in [-0.15, -0.1) is 11.8 Å². The maximum absolute atomic E-state index is 2.64. The normalized spacial score (nSPS) is 26.3. The predicted molar refractivity (Wildman–Crippen MR) is 261 cm³/mol. The molecule has 0 heterocycles. The SMILES string of the molecule is C1CCC1.C1CCCC1.C1CCCCCCC1.CSc1ccccc1P(C[C@H](C)C1=C2CC(C)(C(C)C1)C(C)[C@@H]2P(C(C)(C)C)C(C)(C)C)c1ccccc1C. The number of rotatable bonds is 7. The molecule has 4 fully saturated rings. The van der Waals surface area contributed by atoms with E-state index in [9.17, 15) is 0 Å². The molecule has 3 heteroatoms. The van der Waals surface area contributed by atoms with Crippen LogP contribution in [-0.4, -0.2) is 28.4 Å². The van der Waals surface area contributed by atoms with Crippen molar-refractivity contribution in [2.24, 2.45) is 23.2 Å². The van der Waals surface area contributed by atoms with E-state index in [0.29, 0.717) is 21.6 Å². The molecule has 56 heavy (non-hydrogen) atoms. The van der Waals surface area contributed by atoms with Crippen molar-refractivity contribution in [3.05, 3.63) is 65.2 Å². The average Bonchev–Trinajstić information content (AvgIpc) is 3.75. The fourth-order valence-corrected chi connectivity index (χ4v) is 19.6. The average molecular weight is 819 g/mol. The van der Waals surface area contributed by atoms with Crippen LogP contribution in [0.25, 0.3) is 0 Å². The van der Waals surface area contributed by atoms with Gasteiger partial charge in [0.05, 0.1) is 0 Å². The summed E-state index contributed by atoms with van der Waals surface area (Å²) in [6.07, 6.45) is 31.6. The van der Waals surface area contributed by atoms with Crippen LogP contribution in [0.2, 0.25) is 0 Å². The van der Waals surface area contributed by atoms with Crippen molar-refractivity contribution >= 4 is 38.2 Å². The first-order valence-electron chi connectivity index (χ1n) is 23.6. The van der Waals surface area contributed by atoms with Crippen molar-refractivity contribution in [3.63, 3.8) is 0 Å². The second kappa shape index (κ2) is 22.8. The lowest BCUT2D eigenvalue weighted by atomic mass is 9.66. The molecule has 0 aromatic heterocycles. The van der Waals surface area contributed by atoms with Crippen LogP contribution >= 0.6 is 27.6 Å². The molecule has 7 rings (SSSR count). The Morgan fingerprint density at radius 1 is 0.661 bits per heavy atom. The lowest BCUT2D eigenvalue weighted by Crippen LogP contribution is -2.36. The van der Waals surface area contributed by atoms with Gasteiger partial charge in [0.25, 0.3) is 0 Å². The second-order valence-corrected chi connectivity index (χ2v) is 27.8. The Labute approximate surface area is 356 Å². The molecule has 0 nitrogen and oxygen atoms in total. The Morgan fingerprint density at radius 2 is 1.07 bits per heavy atom. The molecule has 0 radical (unpaired) electrons. The third-order valence-electron chi connectivity index (χ3n) is 14.3. The topological polar surface area (TPSA) is 0 Å². The van der Waals surface area contributed by atoms with E-state index >= 15 is 0 Å². The Morgan fingerprint density at radius 3 is 1.48 bits per heavy atom. The van der Waals surface area contributed by atoms with E-state index < -0.39 is 7.92 Å². The van der Waals surface area contributed by atoms with Crippen LogP contribution in [-0.2, 0) is 0 Å². The van der Waals surface area contributed by atoms with Gasteiger partial charge in [-0.2, -0.15) is 0 Å². The highest BCUT2D eigenvalue weighted by molar-refractivity contribution is 7.99. The Bertz CT molecular complexity index is 1420. The van der Waals surface area contributed by atoms with Gasteiger partial charge in [0, 0.05) is 10.6 Å². The van der Waals surface area contributed by atoms with E-state index in [1.54, 1.807) is 10.6 Å². The smallest absolute Gasteiger partial charge is 0.0149 e. The fourth-order valence-electron chi connectivity index (χ4n) is 10.7. The van der Waals surface area contributed by atoms with Crippen LogP contribution in [0.1, 0.15) is 197 Å². The summed E-state index contributed by atoms with van der Waals surface area (Å²) in [6.45, 7) is 27.9. The summed E-state index contributed by atoms with van der Waals surface area (Å²) in [4.78, 5) is 1.46. The zero-order chi connectivity index (χ0) is 40.9. The van der Waals surface area contributed by atoms with Crippen LogP contribution < -0.4 is 10.6 Å². The fraction of sp³-hybridized carbons (Fsp3) is 0.736. The molecule has 4 saturated carbocycles. The molecule has 0 aliphatic heterocycles. The zero-order valence-electron chi connectivity index (χ0n) is 38.9. The predicted octanol–water partition coefficient (Wildman–Crippen LogP) is 17.2. The largest absolute Gasteiger partial charge is 0.129 e. The maximum atomic E-state index is 2.64. The lowest BCUT2D eigenvalue weighted by Gasteiger charge is -2.48. The molecule has 0 amide bonds. The van der Waals surface area contributed by atoms with Gasteiger partial charge < -0.3 is 0 Å². The number of hydrogen-bond donors (Lipinski definition) is 0. The molecular formula is C53H88P2S. The highest BCUT2D eigenvalue weighted by Crippen LogP contribution is 2.73. The Balaban J connectivity index is 0.000000332. The van der Waals surface area contributed by atoms with Crippen molar-refractivity contribution in [1.82, 2.24) is 0 Å². The highest BCUT2D eigenvalue weighted by Gasteiger charge is 2.57. The van der Waals surface area contributed by atoms with E-state index in [2.05, 4.69) is 131 Å². The van der Waals surface area contributed by atoms with E-state index in [4.69, 9.17) is 0 Å². The summed E-state index contributed by atoms with van der Waals surface area (Å²) in [5.74, 6) is 2.11. The highest BCUT2D eigenvalue weighted by atomic mass is 32.2. The molecule has 5 aliphatic carbocycles. The van der Waals surface area contributed by atoms with Gasteiger partial charge in [0.15, 0.2) is 0 Å². The molecule has 0 saturated heterocycles. The van der Waals surface area contributed by atoms with Crippen molar-refractivity contribution < 1.29 is 0 Å². The van der Waals surface area contributed by atoms with Crippen LogP contribution in [0.4, 0.5) is 0 Å². The van der Waals surface area contributed by atoms with Gasteiger partial charge in [0.2, 0.25) is 0 Å². The third kappa shape index (κ3) is 13.2. The standard InChI is InChI=1S/C36H54P2S.C8H16.C5H10.C4H8/c1-24-17-13-14-18-30(24)37(31-19-15-16-20-32(31)39-12)23-25(2)28-21-26(3)36(11)22-29(28)33(27(36)4)38(34(5,6)7)35(8,9)10;1-2-4-6-8-7-5-3-1;1-2-4-5-3-1;1-2-4-3-1/h13-20,25-27,33H,21-23H2,1-12H3;1-8H2;1-5H2;1-4H2/t25-,26?,27?,33-,36?,37?;;;/m0.../s1. The lowest BCUT2D eigenvalue weighted by molar-refractivity contribution is 0.142. The zero-order valence-corrected chi connectivity index (χ0v) is 41.5. The first kappa shape index (κ1) is 48.1. The third-order valence-corrected chi connectivity index (χ3v) is 22.4. The van der Waals surface area contributed by atoms with Crippen molar-refractivity contribution in [1.29, 1.82) is 0 Å². The first-order chi connectivity index (χ1) is 26.6. The summed E-state index contributed by atoms with van der Waals surface area (Å²) in [7, 11) is -0.630. The first-order valence-corrected chi connectivity index (χ1v) is 27.7. The number of thioether (sulfide) groups is 1. The minimum atomic E-state index is -0.436. The minimum Gasteiger partial charge on any atom is -0.129 e. The van der Waals surface area contributed by atoms with Crippen molar-refractivity contribution in [2.45, 2.75) is 219 Å². The van der Waals surface area contributed by atoms with Crippen LogP contribution in [0.3, 0.4) is 0 Å². The summed E-state index contributed by atoms with van der Waals surface area (Å²) in [6, 6.07) is 18.4. The van der Waals surface area contributed by atoms with Gasteiger partial charge in [-0.05, 0) is 95.8 Å². The summed E-state index contributed by atoms with van der Waals surface area (Å²) < 4.78 is 0. The molecule has 316 valence electrons. The molecule has 6 atom stereocenters. The number of benzene rings is 2. The molecule has 5 aliphatic rings. The molecule has 2 bridgehead atoms. The molecule has 2 aromatic rings. The number of aryl methyl sites for hydroxylation is 1. The monoisotopic (exact) mass is 819 g/mol. The van der Waals surface area contributed by atoms with Crippen molar-refractivity contribution in [2.75, 3.05) is 12.4 Å². The molecule has 0 N–H and O–H groups in total. The number of fused-ring (bicyclic) bond motifs is 2. The van der Waals surface area contributed by atoms with Crippen molar-refractivity contribution in [3.8, 4) is 0 Å². The van der Waals surface area contributed by atoms with Gasteiger partial charge in [-0.25, -0.2) is 0 Å². The van der Waals surface area contributed by atoms with E-state index in [1.807, 2.05) is 22.9 Å². The summed E-state index contributed by atoms with van der Waals surface area (Å²) in [5, 5.41) is 3.83. The van der Waals surface area contributed by atoms with Crippen LogP contribution in [0.15, 0.2) is 64.6 Å². The molecular weight excluding hydrogens is 731 g/mol. The number of hydrogen-bond acceptors (Lipinski definition) is 1. The second-order valence-electron chi connectivity index (χ2n) is 20.8. The van der Waals surface area contributed by atoms with Gasteiger partial charge in [0.1, 0.15) is 0 Å².